The second-order valence-electron chi connectivity index (χ2n) is 4.63. The number of carbonyl (C=O) groups excluding carboxylic acids is 1. The van der Waals surface area contributed by atoms with Crippen molar-refractivity contribution in [3.63, 3.8) is 0 Å². The highest BCUT2D eigenvalue weighted by molar-refractivity contribution is 5.99. The van der Waals surface area contributed by atoms with E-state index in [-0.39, 0.29) is 5.91 Å². The molecule has 3 rings (SSSR count). The van der Waals surface area contributed by atoms with E-state index in [1.165, 1.54) is 12.1 Å². The lowest BCUT2D eigenvalue weighted by molar-refractivity contribution is -0.137. The van der Waals surface area contributed by atoms with Crippen LogP contribution in [0.15, 0.2) is 42.5 Å². The first kappa shape index (κ1) is 12.7. The van der Waals surface area contributed by atoms with Gasteiger partial charge in [-0.1, -0.05) is 24.3 Å². The third-order valence-electron chi connectivity index (χ3n) is 3.34. The molecule has 1 aliphatic rings. The lowest BCUT2D eigenvalue weighted by Gasteiger charge is -2.08. The predicted octanol–water partition coefficient (Wildman–Crippen LogP) is 3.62. The monoisotopic (exact) mass is 277 g/mol. The van der Waals surface area contributed by atoms with Crippen molar-refractivity contribution in [3.05, 3.63) is 59.2 Å². The Hall–Kier alpha value is -2.30. The molecule has 0 saturated carbocycles. The second kappa shape index (κ2) is 4.37. The molecule has 0 unspecified atom stereocenters. The van der Waals surface area contributed by atoms with Crippen molar-refractivity contribution in [2.45, 2.75) is 12.7 Å². The molecule has 1 heterocycles. The van der Waals surface area contributed by atoms with Crippen LogP contribution in [0.4, 0.5) is 13.2 Å². The first-order valence-electron chi connectivity index (χ1n) is 6.04. The zero-order chi connectivity index (χ0) is 14.3. The Labute approximate surface area is 113 Å². The minimum Gasteiger partial charge on any atom is -0.348 e. The van der Waals surface area contributed by atoms with Crippen molar-refractivity contribution in [2.75, 3.05) is 0 Å². The molecule has 2 nitrogen and oxygen atoms in total. The van der Waals surface area contributed by atoms with Crippen molar-refractivity contribution in [3.8, 4) is 11.1 Å². The minimum absolute atomic E-state index is 0.145. The summed E-state index contributed by atoms with van der Waals surface area (Å²) >= 11 is 0. The molecule has 1 amide bonds. The van der Waals surface area contributed by atoms with Gasteiger partial charge in [0.15, 0.2) is 0 Å². The Kier molecular flexibility index (Phi) is 2.78. The van der Waals surface area contributed by atoms with E-state index in [1.807, 2.05) is 12.1 Å². The van der Waals surface area contributed by atoms with Crippen LogP contribution >= 0.6 is 0 Å². The predicted molar refractivity (Wildman–Crippen MR) is 68.1 cm³/mol. The number of halogens is 3. The standard InChI is InChI=1S/C15H10F3NO/c16-15(17,18)12-5-3-9(4-6-12)10-1-2-11-8-19-14(20)13(11)7-10/h1-7H,8H2,(H,19,20). The molecular formula is C15H10F3NO. The van der Waals surface area contributed by atoms with E-state index in [1.54, 1.807) is 6.07 Å². The molecule has 0 spiro atoms. The van der Waals surface area contributed by atoms with Crippen molar-refractivity contribution < 1.29 is 18.0 Å². The summed E-state index contributed by atoms with van der Waals surface area (Å²) in [5, 5.41) is 2.70. The van der Waals surface area contributed by atoms with Crippen LogP contribution in [0.3, 0.4) is 0 Å². The van der Waals surface area contributed by atoms with Crippen LogP contribution in [0.5, 0.6) is 0 Å². The number of benzene rings is 2. The number of fused-ring (bicyclic) bond motifs is 1. The highest BCUT2D eigenvalue weighted by atomic mass is 19.4. The lowest BCUT2D eigenvalue weighted by Crippen LogP contribution is -2.12. The number of hydrogen-bond donors (Lipinski definition) is 1. The van der Waals surface area contributed by atoms with Gasteiger partial charge in [0.2, 0.25) is 0 Å². The molecule has 2 aromatic carbocycles. The van der Waals surface area contributed by atoms with E-state index in [2.05, 4.69) is 5.32 Å². The number of amides is 1. The molecule has 2 aromatic rings. The first-order chi connectivity index (χ1) is 9.45. The van der Waals surface area contributed by atoms with Gasteiger partial charge < -0.3 is 5.32 Å². The average molecular weight is 277 g/mol. The Bertz CT molecular complexity index is 675. The molecular weight excluding hydrogens is 267 g/mol. The molecule has 0 bridgehead atoms. The van der Waals surface area contributed by atoms with Crippen LogP contribution in [0.2, 0.25) is 0 Å². The summed E-state index contributed by atoms with van der Waals surface area (Å²) in [4.78, 5) is 11.6. The SMILES string of the molecule is O=C1NCc2ccc(-c3ccc(C(F)(F)F)cc3)cc21. The summed E-state index contributed by atoms with van der Waals surface area (Å²) in [5.74, 6) is -0.145. The Morgan fingerprint density at radius 1 is 0.950 bits per heavy atom. The first-order valence-corrected chi connectivity index (χ1v) is 6.04. The largest absolute Gasteiger partial charge is 0.416 e. The number of carbonyl (C=O) groups is 1. The van der Waals surface area contributed by atoms with Gasteiger partial charge >= 0.3 is 6.18 Å². The van der Waals surface area contributed by atoms with Gasteiger partial charge in [0.25, 0.3) is 5.91 Å². The third kappa shape index (κ3) is 2.15. The minimum atomic E-state index is -4.34. The topological polar surface area (TPSA) is 29.1 Å². The van der Waals surface area contributed by atoms with Gasteiger partial charge in [-0.2, -0.15) is 13.2 Å². The van der Waals surface area contributed by atoms with Crippen LogP contribution in [0, 0.1) is 0 Å². The van der Waals surface area contributed by atoms with Crippen molar-refractivity contribution in [2.24, 2.45) is 0 Å². The smallest absolute Gasteiger partial charge is 0.348 e. The zero-order valence-corrected chi connectivity index (χ0v) is 10.3. The van der Waals surface area contributed by atoms with Crippen LogP contribution < -0.4 is 5.32 Å². The van der Waals surface area contributed by atoms with Gasteiger partial charge in [-0.15, -0.1) is 0 Å². The molecule has 20 heavy (non-hydrogen) atoms. The summed E-state index contributed by atoms with van der Waals surface area (Å²) in [6, 6.07) is 10.3. The van der Waals surface area contributed by atoms with E-state index in [0.29, 0.717) is 17.7 Å². The van der Waals surface area contributed by atoms with E-state index < -0.39 is 11.7 Å². The third-order valence-corrected chi connectivity index (χ3v) is 3.34. The van der Waals surface area contributed by atoms with Crippen molar-refractivity contribution in [1.29, 1.82) is 0 Å². The highest BCUT2D eigenvalue weighted by Gasteiger charge is 2.30. The van der Waals surface area contributed by atoms with Gasteiger partial charge in [0.05, 0.1) is 5.56 Å². The molecule has 102 valence electrons. The fraction of sp³-hybridized carbons (Fsp3) is 0.133. The van der Waals surface area contributed by atoms with E-state index in [4.69, 9.17) is 0 Å². The maximum atomic E-state index is 12.5. The fourth-order valence-corrected chi connectivity index (χ4v) is 2.24. The van der Waals surface area contributed by atoms with Crippen LogP contribution in [-0.4, -0.2) is 5.91 Å². The molecule has 0 fully saturated rings. The highest BCUT2D eigenvalue weighted by Crippen LogP contribution is 2.31. The van der Waals surface area contributed by atoms with E-state index in [9.17, 15) is 18.0 Å². The fourth-order valence-electron chi connectivity index (χ4n) is 2.24. The zero-order valence-electron chi connectivity index (χ0n) is 10.3. The Balaban J connectivity index is 1.98. The number of rotatable bonds is 1. The summed E-state index contributed by atoms with van der Waals surface area (Å²) in [7, 11) is 0. The van der Waals surface area contributed by atoms with Crippen LogP contribution in [-0.2, 0) is 12.7 Å². The molecule has 0 saturated heterocycles. The molecule has 0 aliphatic carbocycles. The van der Waals surface area contributed by atoms with Gasteiger partial charge in [-0.3, -0.25) is 4.79 Å². The van der Waals surface area contributed by atoms with Gasteiger partial charge in [-0.25, -0.2) is 0 Å². The molecule has 1 N–H and O–H groups in total. The summed E-state index contributed by atoms with van der Waals surface area (Å²) in [6.07, 6.45) is -4.34. The number of alkyl halides is 3. The summed E-state index contributed by atoms with van der Waals surface area (Å²) < 4.78 is 37.5. The maximum Gasteiger partial charge on any atom is 0.416 e. The van der Waals surface area contributed by atoms with Crippen molar-refractivity contribution in [1.82, 2.24) is 5.32 Å². The number of nitrogens with one attached hydrogen (secondary N) is 1. The van der Waals surface area contributed by atoms with Crippen LogP contribution in [0.1, 0.15) is 21.5 Å². The second-order valence-corrected chi connectivity index (χ2v) is 4.63. The normalized spacial score (nSPS) is 14.1. The quantitative estimate of drug-likeness (QED) is 0.847. The maximum absolute atomic E-state index is 12.5. The molecule has 0 atom stereocenters. The Morgan fingerprint density at radius 3 is 2.25 bits per heavy atom. The summed E-state index contributed by atoms with van der Waals surface area (Å²) in [5.41, 5.74) is 2.20. The molecule has 0 aromatic heterocycles. The van der Waals surface area contributed by atoms with Crippen molar-refractivity contribution >= 4 is 5.91 Å². The van der Waals surface area contributed by atoms with Gasteiger partial charge in [0, 0.05) is 12.1 Å². The molecule has 0 radical (unpaired) electrons. The van der Waals surface area contributed by atoms with E-state index in [0.717, 1.165) is 23.3 Å². The van der Waals surface area contributed by atoms with E-state index >= 15 is 0 Å². The number of hydrogen-bond acceptors (Lipinski definition) is 1. The molecule has 1 aliphatic heterocycles. The Morgan fingerprint density at radius 2 is 1.60 bits per heavy atom. The van der Waals surface area contributed by atoms with Crippen LogP contribution in [0.25, 0.3) is 11.1 Å². The lowest BCUT2D eigenvalue weighted by atomic mass is 9.99. The van der Waals surface area contributed by atoms with Gasteiger partial charge in [-0.05, 0) is 34.9 Å². The van der Waals surface area contributed by atoms with Gasteiger partial charge in [0.1, 0.15) is 0 Å². The average Bonchev–Trinajstić information content (AvgIpc) is 2.79. The molecule has 5 heteroatoms. The summed E-state index contributed by atoms with van der Waals surface area (Å²) in [6.45, 7) is 0.501.